The lowest BCUT2D eigenvalue weighted by Gasteiger charge is -2.23. The minimum absolute atomic E-state index is 0.0765. The number of amides is 1. The zero-order valence-electron chi connectivity index (χ0n) is 7.96. The molecule has 2 N–H and O–H groups in total. The van der Waals surface area contributed by atoms with Gasteiger partial charge in [0.25, 0.3) is 5.91 Å². The monoisotopic (exact) mass is 185 g/mol. The van der Waals surface area contributed by atoms with E-state index < -0.39 is 5.54 Å². The fourth-order valence-corrected chi connectivity index (χ4v) is 0.982. The van der Waals surface area contributed by atoms with Gasteiger partial charge in [-0.05, 0) is 13.8 Å². The molecule has 0 spiro atoms. The van der Waals surface area contributed by atoms with Crippen LogP contribution in [0.25, 0.3) is 0 Å². The second-order valence-corrected chi connectivity index (χ2v) is 3.76. The second kappa shape index (κ2) is 3.79. The van der Waals surface area contributed by atoms with E-state index >= 15 is 0 Å². The Morgan fingerprint density at radius 3 is 2.92 bits per heavy atom. The van der Waals surface area contributed by atoms with Crippen LogP contribution in [0.1, 0.15) is 20.3 Å². The summed E-state index contributed by atoms with van der Waals surface area (Å²) in [6.07, 6.45) is 2.12. The summed E-state index contributed by atoms with van der Waals surface area (Å²) in [6, 6.07) is 0. The molecule has 0 fully saturated rings. The highest BCUT2D eigenvalue weighted by Crippen LogP contribution is 2.11. The number of hydrogen-bond donors (Lipinski definition) is 2. The molecule has 0 saturated heterocycles. The summed E-state index contributed by atoms with van der Waals surface area (Å²) in [5.74, 6) is -0.156. The Bertz CT molecular complexity index is 233. The molecule has 1 amide bonds. The molecule has 0 saturated carbocycles. The van der Waals surface area contributed by atoms with Crippen molar-refractivity contribution in [3.05, 3.63) is 11.8 Å². The standard InChI is InChI=1S/C9H15NO3/c1-9(2,6-11)10-8(12)7-3-4-13-5-7/h5,11H,3-4,6H2,1-2H3,(H,10,12). The average Bonchev–Trinajstić information content (AvgIpc) is 2.55. The van der Waals surface area contributed by atoms with Crippen LogP contribution in [0.2, 0.25) is 0 Å². The first-order valence-electron chi connectivity index (χ1n) is 4.29. The van der Waals surface area contributed by atoms with Crippen LogP contribution in [0, 0.1) is 0 Å². The van der Waals surface area contributed by atoms with Crippen molar-refractivity contribution in [2.45, 2.75) is 25.8 Å². The molecule has 0 radical (unpaired) electrons. The first kappa shape index (κ1) is 10.1. The Kier molecular flexibility index (Phi) is 2.93. The van der Waals surface area contributed by atoms with Crippen molar-refractivity contribution in [1.82, 2.24) is 5.32 Å². The van der Waals surface area contributed by atoms with Crippen LogP contribution >= 0.6 is 0 Å². The zero-order valence-corrected chi connectivity index (χ0v) is 7.96. The van der Waals surface area contributed by atoms with Crippen LogP contribution in [0.5, 0.6) is 0 Å². The predicted molar refractivity (Wildman–Crippen MR) is 48.0 cm³/mol. The van der Waals surface area contributed by atoms with E-state index in [-0.39, 0.29) is 12.5 Å². The summed E-state index contributed by atoms with van der Waals surface area (Å²) in [5.41, 5.74) is 0.0714. The summed E-state index contributed by atoms with van der Waals surface area (Å²) in [4.78, 5) is 11.4. The number of aliphatic hydroxyl groups excluding tert-OH is 1. The van der Waals surface area contributed by atoms with Crippen LogP contribution in [-0.2, 0) is 9.53 Å². The van der Waals surface area contributed by atoms with E-state index in [4.69, 9.17) is 9.84 Å². The van der Waals surface area contributed by atoms with Gasteiger partial charge in [-0.15, -0.1) is 0 Å². The highest BCUT2D eigenvalue weighted by atomic mass is 16.5. The van der Waals surface area contributed by atoms with Gasteiger partial charge in [0.1, 0.15) is 0 Å². The molecule has 74 valence electrons. The molecule has 1 rings (SSSR count). The molecule has 1 aliphatic rings. The number of carbonyl (C=O) groups is 1. The van der Waals surface area contributed by atoms with Gasteiger partial charge in [-0.3, -0.25) is 4.79 Å². The average molecular weight is 185 g/mol. The lowest BCUT2D eigenvalue weighted by Crippen LogP contribution is -2.46. The van der Waals surface area contributed by atoms with Gasteiger partial charge >= 0.3 is 0 Å². The van der Waals surface area contributed by atoms with Crippen molar-refractivity contribution in [1.29, 1.82) is 0 Å². The molecule has 0 unspecified atom stereocenters. The van der Waals surface area contributed by atoms with Crippen molar-refractivity contribution >= 4 is 5.91 Å². The number of ether oxygens (including phenoxy) is 1. The van der Waals surface area contributed by atoms with Crippen LogP contribution in [0.4, 0.5) is 0 Å². The summed E-state index contributed by atoms with van der Waals surface area (Å²) < 4.78 is 4.94. The molecule has 0 bridgehead atoms. The number of nitrogens with one attached hydrogen (secondary N) is 1. The first-order chi connectivity index (χ1) is 6.05. The van der Waals surface area contributed by atoms with Crippen molar-refractivity contribution < 1.29 is 14.6 Å². The summed E-state index contributed by atoms with van der Waals surface area (Å²) in [6.45, 7) is 4.03. The van der Waals surface area contributed by atoms with E-state index in [9.17, 15) is 4.79 Å². The lowest BCUT2D eigenvalue weighted by molar-refractivity contribution is -0.119. The van der Waals surface area contributed by atoms with Gasteiger partial charge in [0, 0.05) is 6.42 Å². The third-order valence-corrected chi connectivity index (χ3v) is 1.85. The minimum atomic E-state index is -0.569. The third kappa shape index (κ3) is 2.73. The molecule has 13 heavy (non-hydrogen) atoms. The van der Waals surface area contributed by atoms with Crippen LogP contribution in [0.3, 0.4) is 0 Å². The lowest BCUT2D eigenvalue weighted by atomic mass is 10.1. The minimum Gasteiger partial charge on any atom is -0.500 e. The highest BCUT2D eigenvalue weighted by molar-refractivity contribution is 5.93. The molecule has 0 aromatic rings. The maximum atomic E-state index is 11.4. The normalized spacial score (nSPS) is 16.4. The molecule has 0 aliphatic carbocycles. The maximum absolute atomic E-state index is 11.4. The van der Waals surface area contributed by atoms with Crippen LogP contribution in [-0.4, -0.2) is 29.8 Å². The topological polar surface area (TPSA) is 58.6 Å². The fourth-order valence-electron chi connectivity index (χ4n) is 0.982. The van der Waals surface area contributed by atoms with E-state index in [1.807, 2.05) is 0 Å². The number of aliphatic hydroxyl groups is 1. The Balaban J connectivity index is 2.50. The van der Waals surface area contributed by atoms with Crippen molar-refractivity contribution in [3.8, 4) is 0 Å². The highest BCUT2D eigenvalue weighted by Gasteiger charge is 2.22. The summed E-state index contributed by atoms with van der Waals surface area (Å²) >= 11 is 0. The van der Waals surface area contributed by atoms with E-state index in [0.717, 1.165) is 0 Å². The summed E-state index contributed by atoms with van der Waals surface area (Å²) in [5, 5.41) is 11.6. The summed E-state index contributed by atoms with van der Waals surface area (Å²) in [7, 11) is 0. The molecule has 1 aliphatic heterocycles. The second-order valence-electron chi connectivity index (χ2n) is 3.76. The van der Waals surface area contributed by atoms with Gasteiger partial charge < -0.3 is 15.2 Å². The largest absolute Gasteiger partial charge is 0.500 e. The smallest absolute Gasteiger partial charge is 0.250 e. The predicted octanol–water partition coefficient (Wildman–Crippen LogP) is 0.178. The van der Waals surface area contributed by atoms with Gasteiger partial charge in [0.2, 0.25) is 0 Å². The Morgan fingerprint density at radius 1 is 1.77 bits per heavy atom. The van der Waals surface area contributed by atoms with Crippen LogP contribution < -0.4 is 5.32 Å². The molecular weight excluding hydrogens is 170 g/mol. The fraction of sp³-hybridized carbons (Fsp3) is 0.667. The van der Waals surface area contributed by atoms with Gasteiger partial charge in [0.05, 0.1) is 30.6 Å². The molecule has 1 heterocycles. The quantitative estimate of drug-likeness (QED) is 0.659. The van der Waals surface area contributed by atoms with E-state index in [2.05, 4.69) is 5.32 Å². The van der Waals surface area contributed by atoms with Crippen molar-refractivity contribution in [2.75, 3.05) is 13.2 Å². The number of hydrogen-bond acceptors (Lipinski definition) is 3. The van der Waals surface area contributed by atoms with E-state index in [1.54, 1.807) is 13.8 Å². The Labute approximate surface area is 77.6 Å². The first-order valence-corrected chi connectivity index (χ1v) is 4.29. The van der Waals surface area contributed by atoms with Crippen molar-refractivity contribution in [3.63, 3.8) is 0 Å². The molecule has 0 aromatic carbocycles. The van der Waals surface area contributed by atoms with E-state index in [0.29, 0.717) is 18.6 Å². The molecular formula is C9H15NO3. The third-order valence-electron chi connectivity index (χ3n) is 1.85. The van der Waals surface area contributed by atoms with E-state index in [1.165, 1.54) is 6.26 Å². The SMILES string of the molecule is CC(C)(CO)NC(=O)C1=COCC1. The molecule has 0 aromatic heterocycles. The number of carbonyl (C=O) groups excluding carboxylic acids is 1. The van der Waals surface area contributed by atoms with Crippen molar-refractivity contribution in [2.24, 2.45) is 0 Å². The van der Waals surface area contributed by atoms with Crippen LogP contribution in [0.15, 0.2) is 11.8 Å². The number of rotatable bonds is 3. The van der Waals surface area contributed by atoms with Gasteiger partial charge in [-0.1, -0.05) is 0 Å². The molecule has 4 nitrogen and oxygen atoms in total. The van der Waals surface area contributed by atoms with Gasteiger partial charge in [-0.2, -0.15) is 0 Å². The maximum Gasteiger partial charge on any atom is 0.250 e. The van der Waals surface area contributed by atoms with Gasteiger partial charge in [-0.25, -0.2) is 0 Å². The Hall–Kier alpha value is -1.03. The molecule has 4 heteroatoms. The zero-order chi connectivity index (χ0) is 9.90. The van der Waals surface area contributed by atoms with Gasteiger partial charge in [0.15, 0.2) is 0 Å². The Morgan fingerprint density at radius 2 is 2.46 bits per heavy atom. The molecule has 0 atom stereocenters.